The molecule has 3 heterocycles. The molecule has 2 aromatic heterocycles. The number of aromatic nitrogens is 1. The summed E-state index contributed by atoms with van der Waals surface area (Å²) >= 11 is 1.26. The fourth-order valence-corrected chi connectivity index (χ4v) is 5.05. The molecule has 24 heavy (non-hydrogen) atoms. The number of rotatable bonds is 4. The van der Waals surface area contributed by atoms with E-state index in [4.69, 9.17) is 4.42 Å². The van der Waals surface area contributed by atoms with Crippen LogP contribution in [0.3, 0.4) is 0 Å². The predicted octanol–water partition coefficient (Wildman–Crippen LogP) is 2.84. The third-order valence-electron chi connectivity index (χ3n) is 3.79. The monoisotopic (exact) mass is 369 g/mol. The number of hydrogen-bond donors (Lipinski definition) is 1. The average molecular weight is 369 g/mol. The number of nitrogens with zero attached hydrogens (tertiary/aromatic N) is 2. The first kappa shape index (κ1) is 17.1. The predicted molar refractivity (Wildman–Crippen MR) is 91.5 cm³/mol. The lowest BCUT2D eigenvalue weighted by Crippen LogP contribution is -2.35. The van der Waals surface area contributed by atoms with E-state index < -0.39 is 10.0 Å². The Hall–Kier alpha value is -1.71. The summed E-state index contributed by atoms with van der Waals surface area (Å²) < 4.78 is 32.3. The third kappa shape index (κ3) is 3.38. The Bertz CT molecular complexity index is 848. The Morgan fingerprint density at radius 3 is 2.67 bits per heavy atom. The standard InChI is InChI=1S/C15H19N3O4S2/c1-10-14(23-15(16-10)17-11(2)19)12-6-7-13(22-12)24(20,21)18-8-4-3-5-9-18/h6-7H,3-5,8-9H2,1-2H3,(H,16,17,19). The SMILES string of the molecule is CC(=O)Nc1nc(C)c(-c2ccc(S(=O)(=O)N3CCCCC3)o2)s1. The molecule has 9 heteroatoms. The van der Waals surface area contributed by atoms with Gasteiger partial charge in [0, 0.05) is 20.0 Å². The molecule has 0 aliphatic carbocycles. The summed E-state index contributed by atoms with van der Waals surface area (Å²) in [7, 11) is -3.59. The maximum Gasteiger partial charge on any atom is 0.276 e. The van der Waals surface area contributed by atoms with Crippen LogP contribution >= 0.6 is 11.3 Å². The van der Waals surface area contributed by atoms with Crippen molar-refractivity contribution in [2.24, 2.45) is 0 Å². The minimum atomic E-state index is -3.59. The van der Waals surface area contributed by atoms with E-state index in [2.05, 4.69) is 10.3 Å². The summed E-state index contributed by atoms with van der Waals surface area (Å²) in [6, 6.07) is 3.12. The number of thiazole rings is 1. The first-order chi connectivity index (χ1) is 11.4. The van der Waals surface area contributed by atoms with Crippen LogP contribution in [0, 0.1) is 6.92 Å². The number of hydrogen-bond acceptors (Lipinski definition) is 6. The van der Waals surface area contributed by atoms with Gasteiger partial charge in [-0.1, -0.05) is 17.8 Å². The van der Waals surface area contributed by atoms with Gasteiger partial charge in [-0.05, 0) is 31.9 Å². The zero-order valence-electron chi connectivity index (χ0n) is 13.5. The molecule has 0 aromatic carbocycles. The molecule has 1 aliphatic heterocycles. The number of carbonyl (C=O) groups excluding carboxylic acids is 1. The normalized spacial score (nSPS) is 16.2. The van der Waals surface area contributed by atoms with Gasteiger partial charge < -0.3 is 9.73 Å². The van der Waals surface area contributed by atoms with Crippen molar-refractivity contribution < 1.29 is 17.6 Å². The van der Waals surface area contributed by atoms with Gasteiger partial charge in [0.2, 0.25) is 11.0 Å². The molecule has 1 aliphatic rings. The molecule has 2 aromatic rings. The van der Waals surface area contributed by atoms with Crippen LogP contribution in [0.1, 0.15) is 31.9 Å². The number of anilines is 1. The Morgan fingerprint density at radius 1 is 1.29 bits per heavy atom. The van der Waals surface area contributed by atoms with E-state index in [0.29, 0.717) is 34.6 Å². The first-order valence-electron chi connectivity index (χ1n) is 7.73. The van der Waals surface area contributed by atoms with Crippen molar-refractivity contribution in [1.82, 2.24) is 9.29 Å². The summed E-state index contributed by atoms with van der Waals surface area (Å²) in [4.78, 5) is 16.1. The topological polar surface area (TPSA) is 92.5 Å². The molecule has 7 nitrogen and oxygen atoms in total. The average Bonchev–Trinajstić information content (AvgIpc) is 3.14. The molecule has 1 N–H and O–H groups in total. The van der Waals surface area contributed by atoms with E-state index in [-0.39, 0.29) is 11.0 Å². The van der Waals surface area contributed by atoms with Crippen molar-refractivity contribution >= 4 is 32.4 Å². The molecule has 1 amide bonds. The Labute approximate surface area is 144 Å². The Morgan fingerprint density at radius 2 is 2.00 bits per heavy atom. The summed E-state index contributed by atoms with van der Waals surface area (Å²) in [5, 5.41) is 3.04. The van der Waals surface area contributed by atoms with Gasteiger partial charge in [-0.15, -0.1) is 0 Å². The van der Waals surface area contributed by atoms with E-state index in [1.54, 1.807) is 13.0 Å². The molecule has 0 saturated carbocycles. The molecule has 1 saturated heterocycles. The number of nitrogens with one attached hydrogen (secondary N) is 1. The Balaban J connectivity index is 1.88. The third-order valence-corrected chi connectivity index (χ3v) is 6.65. The van der Waals surface area contributed by atoms with Crippen LogP contribution in [0.2, 0.25) is 0 Å². The van der Waals surface area contributed by atoms with Crippen LogP contribution in [-0.4, -0.2) is 36.7 Å². The van der Waals surface area contributed by atoms with Crippen LogP contribution in [-0.2, 0) is 14.8 Å². The zero-order chi connectivity index (χ0) is 17.3. The summed E-state index contributed by atoms with van der Waals surface area (Å²) in [6.07, 6.45) is 2.81. The lowest BCUT2D eigenvalue weighted by atomic mass is 10.2. The highest BCUT2D eigenvalue weighted by molar-refractivity contribution is 7.89. The summed E-state index contributed by atoms with van der Waals surface area (Å²) in [5.41, 5.74) is 0.681. The fraction of sp³-hybridized carbons (Fsp3) is 0.467. The highest BCUT2D eigenvalue weighted by Gasteiger charge is 2.29. The van der Waals surface area contributed by atoms with Gasteiger partial charge in [0.15, 0.2) is 5.13 Å². The number of sulfonamides is 1. The van der Waals surface area contributed by atoms with Crippen LogP contribution in [0.4, 0.5) is 5.13 Å². The van der Waals surface area contributed by atoms with E-state index in [0.717, 1.165) is 19.3 Å². The minimum absolute atomic E-state index is 0.0479. The number of aryl methyl sites for hydroxylation is 1. The van der Waals surface area contributed by atoms with Crippen molar-refractivity contribution in [3.8, 4) is 10.6 Å². The lowest BCUT2D eigenvalue weighted by molar-refractivity contribution is -0.114. The van der Waals surface area contributed by atoms with Crippen molar-refractivity contribution in [1.29, 1.82) is 0 Å². The van der Waals surface area contributed by atoms with Gasteiger partial charge in [0.05, 0.1) is 10.6 Å². The van der Waals surface area contributed by atoms with Crippen LogP contribution in [0.25, 0.3) is 10.6 Å². The molecule has 0 spiro atoms. The largest absolute Gasteiger partial charge is 0.442 e. The zero-order valence-corrected chi connectivity index (χ0v) is 15.2. The van der Waals surface area contributed by atoms with Crippen LogP contribution in [0.5, 0.6) is 0 Å². The lowest BCUT2D eigenvalue weighted by Gasteiger charge is -2.24. The molecule has 1 fully saturated rings. The van der Waals surface area contributed by atoms with Gasteiger partial charge in [-0.2, -0.15) is 4.31 Å². The molecular weight excluding hydrogens is 350 g/mol. The van der Waals surface area contributed by atoms with E-state index >= 15 is 0 Å². The molecule has 0 bridgehead atoms. The highest BCUT2D eigenvalue weighted by atomic mass is 32.2. The Kier molecular flexibility index (Phi) is 4.75. The molecule has 3 rings (SSSR count). The maximum atomic E-state index is 12.6. The first-order valence-corrected chi connectivity index (χ1v) is 9.99. The second-order valence-electron chi connectivity index (χ2n) is 5.70. The number of carbonyl (C=O) groups is 1. The summed E-state index contributed by atoms with van der Waals surface area (Å²) in [5.74, 6) is 0.236. The maximum absolute atomic E-state index is 12.6. The van der Waals surface area contributed by atoms with E-state index in [9.17, 15) is 13.2 Å². The smallest absolute Gasteiger partial charge is 0.276 e. The molecule has 130 valence electrons. The molecule has 0 unspecified atom stereocenters. The number of amides is 1. The van der Waals surface area contributed by atoms with Crippen molar-refractivity contribution in [3.05, 3.63) is 17.8 Å². The van der Waals surface area contributed by atoms with Crippen LogP contribution < -0.4 is 5.32 Å². The summed E-state index contributed by atoms with van der Waals surface area (Å²) in [6.45, 7) is 4.26. The van der Waals surface area contributed by atoms with Gasteiger partial charge in [0.25, 0.3) is 10.0 Å². The second kappa shape index (κ2) is 6.66. The van der Waals surface area contributed by atoms with Gasteiger partial charge >= 0.3 is 0 Å². The minimum Gasteiger partial charge on any atom is -0.442 e. The van der Waals surface area contributed by atoms with E-state index in [1.807, 2.05) is 0 Å². The van der Waals surface area contributed by atoms with Crippen molar-refractivity contribution in [2.75, 3.05) is 18.4 Å². The second-order valence-corrected chi connectivity index (χ2v) is 8.57. The van der Waals surface area contributed by atoms with Gasteiger partial charge in [-0.25, -0.2) is 13.4 Å². The molecule has 0 radical (unpaired) electrons. The van der Waals surface area contributed by atoms with Crippen molar-refractivity contribution in [2.45, 2.75) is 38.2 Å². The number of piperidine rings is 1. The van der Waals surface area contributed by atoms with Crippen molar-refractivity contribution in [3.63, 3.8) is 0 Å². The quantitative estimate of drug-likeness (QED) is 0.894. The van der Waals surface area contributed by atoms with E-state index in [1.165, 1.54) is 28.6 Å². The fourth-order valence-electron chi connectivity index (χ4n) is 2.64. The van der Waals surface area contributed by atoms with Gasteiger partial charge in [0.1, 0.15) is 5.76 Å². The molecule has 0 atom stereocenters. The molecular formula is C15H19N3O4S2. The highest BCUT2D eigenvalue weighted by Crippen LogP contribution is 2.35. The number of furan rings is 1. The van der Waals surface area contributed by atoms with Gasteiger partial charge in [-0.3, -0.25) is 4.79 Å². The van der Waals surface area contributed by atoms with Crippen LogP contribution in [0.15, 0.2) is 21.6 Å².